The molecule has 0 atom stereocenters. The van der Waals surface area contributed by atoms with Gasteiger partial charge in [0.2, 0.25) is 0 Å². The minimum Gasteiger partial charge on any atom is -0.380 e. The fourth-order valence-corrected chi connectivity index (χ4v) is 1.99. The standard InChI is InChI=1S/C14H16BrN3/c1-18(2)14-5-3-11(4-6-14)8-17-13-7-12(15)9-16-10-13/h3-7,9-10,17H,8H2,1-2H3. The van der Waals surface area contributed by atoms with Crippen LogP contribution in [0.25, 0.3) is 0 Å². The fraction of sp³-hybridized carbons (Fsp3) is 0.214. The van der Waals surface area contributed by atoms with Gasteiger partial charge < -0.3 is 10.2 Å². The number of nitrogens with zero attached hydrogens (tertiary/aromatic N) is 2. The molecule has 94 valence electrons. The third-order valence-corrected chi connectivity index (χ3v) is 3.09. The van der Waals surface area contributed by atoms with E-state index in [-0.39, 0.29) is 0 Å². The van der Waals surface area contributed by atoms with Crippen LogP contribution in [0, 0.1) is 0 Å². The van der Waals surface area contributed by atoms with Crippen LogP contribution in [0.3, 0.4) is 0 Å². The first-order chi connectivity index (χ1) is 8.65. The average Bonchev–Trinajstić information content (AvgIpc) is 2.37. The van der Waals surface area contributed by atoms with E-state index in [4.69, 9.17) is 0 Å². The number of hydrogen-bond acceptors (Lipinski definition) is 3. The van der Waals surface area contributed by atoms with E-state index in [0.717, 1.165) is 16.7 Å². The molecular weight excluding hydrogens is 290 g/mol. The molecule has 2 rings (SSSR count). The van der Waals surface area contributed by atoms with Crippen LogP contribution >= 0.6 is 15.9 Å². The van der Waals surface area contributed by atoms with Gasteiger partial charge in [0.15, 0.2) is 0 Å². The second-order valence-electron chi connectivity index (χ2n) is 4.31. The highest BCUT2D eigenvalue weighted by molar-refractivity contribution is 9.10. The van der Waals surface area contributed by atoms with Crippen LogP contribution in [0.2, 0.25) is 0 Å². The maximum absolute atomic E-state index is 4.12. The maximum atomic E-state index is 4.12. The topological polar surface area (TPSA) is 28.2 Å². The Kier molecular flexibility index (Phi) is 4.20. The van der Waals surface area contributed by atoms with Crippen molar-refractivity contribution in [1.82, 2.24) is 4.98 Å². The van der Waals surface area contributed by atoms with Gasteiger partial charge in [-0.3, -0.25) is 4.98 Å². The van der Waals surface area contributed by atoms with E-state index in [0.29, 0.717) is 0 Å². The fourth-order valence-electron chi connectivity index (χ4n) is 1.62. The highest BCUT2D eigenvalue weighted by atomic mass is 79.9. The Morgan fingerprint density at radius 3 is 2.50 bits per heavy atom. The molecule has 0 unspecified atom stereocenters. The van der Waals surface area contributed by atoms with Gasteiger partial charge in [-0.15, -0.1) is 0 Å². The average molecular weight is 306 g/mol. The molecule has 4 heteroatoms. The number of nitrogens with one attached hydrogen (secondary N) is 1. The van der Waals surface area contributed by atoms with Gasteiger partial charge in [-0.05, 0) is 39.7 Å². The highest BCUT2D eigenvalue weighted by Gasteiger charge is 1.97. The van der Waals surface area contributed by atoms with Crippen LogP contribution in [0.15, 0.2) is 47.2 Å². The smallest absolute Gasteiger partial charge is 0.0540 e. The number of hydrogen-bond donors (Lipinski definition) is 1. The molecule has 18 heavy (non-hydrogen) atoms. The lowest BCUT2D eigenvalue weighted by Crippen LogP contribution is -2.08. The maximum Gasteiger partial charge on any atom is 0.0540 e. The second-order valence-corrected chi connectivity index (χ2v) is 5.22. The van der Waals surface area contributed by atoms with E-state index in [9.17, 15) is 0 Å². The summed E-state index contributed by atoms with van der Waals surface area (Å²) in [6.07, 6.45) is 3.59. The van der Waals surface area contributed by atoms with Crippen molar-refractivity contribution in [3.8, 4) is 0 Å². The van der Waals surface area contributed by atoms with Crippen LogP contribution in [0.4, 0.5) is 11.4 Å². The lowest BCUT2D eigenvalue weighted by Gasteiger charge is -2.13. The molecule has 0 saturated carbocycles. The van der Waals surface area contributed by atoms with Crippen molar-refractivity contribution in [1.29, 1.82) is 0 Å². The quantitative estimate of drug-likeness (QED) is 0.937. The van der Waals surface area contributed by atoms with Crippen LogP contribution in [-0.4, -0.2) is 19.1 Å². The van der Waals surface area contributed by atoms with Gasteiger partial charge in [0.25, 0.3) is 0 Å². The minimum absolute atomic E-state index is 0.797. The van der Waals surface area contributed by atoms with Gasteiger partial charge in [0, 0.05) is 37.0 Å². The van der Waals surface area contributed by atoms with Gasteiger partial charge in [0.1, 0.15) is 0 Å². The minimum atomic E-state index is 0.797. The molecule has 0 aliphatic carbocycles. The zero-order valence-corrected chi connectivity index (χ0v) is 12.1. The summed E-state index contributed by atoms with van der Waals surface area (Å²) in [6, 6.07) is 10.5. The summed E-state index contributed by atoms with van der Waals surface area (Å²) in [5, 5.41) is 3.34. The van der Waals surface area contributed by atoms with Gasteiger partial charge in [0.05, 0.1) is 11.9 Å². The summed E-state index contributed by atoms with van der Waals surface area (Å²) >= 11 is 3.41. The summed E-state index contributed by atoms with van der Waals surface area (Å²) in [6.45, 7) is 0.797. The Morgan fingerprint density at radius 2 is 1.89 bits per heavy atom. The first-order valence-corrected chi connectivity index (χ1v) is 6.55. The molecule has 1 heterocycles. The normalized spacial score (nSPS) is 10.2. The predicted molar refractivity (Wildman–Crippen MR) is 80.0 cm³/mol. The van der Waals surface area contributed by atoms with Crippen LogP contribution in [-0.2, 0) is 6.54 Å². The first-order valence-electron chi connectivity index (χ1n) is 5.76. The monoisotopic (exact) mass is 305 g/mol. The third kappa shape index (κ3) is 3.47. The van der Waals surface area contributed by atoms with E-state index in [1.54, 1.807) is 6.20 Å². The van der Waals surface area contributed by atoms with Crippen LogP contribution in [0.1, 0.15) is 5.56 Å². The lowest BCUT2D eigenvalue weighted by atomic mass is 10.2. The van der Waals surface area contributed by atoms with Gasteiger partial charge in [-0.25, -0.2) is 0 Å². The van der Waals surface area contributed by atoms with E-state index in [1.807, 2.05) is 26.4 Å². The number of halogens is 1. The first kappa shape index (κ1) is 12.9. The zero-order chi connectivity index (χ0) is 13.0. The number of benzene rings is 1. The summed E-state index contributed by atoms with van der Waals surface area (Å²) in [7, 11) is 4.08. The predicted octanol–water partition coefficient (Wildman–Crippen LogP) is 3.52. The SMILES string of the molecule is CN(C)c1ccc(CNc2cncc(Br)c2)cc1. The van der Waals surface area contributed by atoms with Crippen LogP contribution < -0.4 is 10.2 Å². The van der Waals surface area contributed by atoms with Crippen molar-refractivity contribution < 1.29 is 0 Å². The van der Waals surface area contributed by atoms with E-state index in [2.05, 4.69) is 55.4 Å². The van der Waals surface area contributed by atoms with Crippen molar-refractivity contribution in [2.75, 3.05) is 24.3 Å². The molecule has 0 radical (unpaired) electrons. The molecule has 0 saturated heterocycles. The Bertz CT molecular complexity index is 509. The molecule has 0 bridgehead atoms. The Morgan fingerprint density at radius 1 is 1.17 bits per heavy atom. The summed E-state index contributed by atoms with van der Waals surface area (Å²) in [4.78, 5) is 6.21. The molecule has 1 N–H and O–H groups in total. The van der Waals surface area contributed by atoms with Gasteiger partial charge in [-0.1, -0.05) is 12.1 Å². The molecule has 0 fully saturated rings. The number of aromatic nitrogens is 1. The van der Waals surface area contributed by atoms with Gasteiger partial charge in [-0.2, -0.15) is 0 Å². The Balaban J connectivity index is 1.98. The highest BCUT2D eigenvalue weighted by Crippen LogP contribution is 2.16. The van der Waals surface area contributed by atoms with Crippen molar-refractivity contribution in [3.05, 3.63) is 52.8 Å². The molecule has 1 aromatic heterocycles. The molecule has 1 aromatic carbocycles. The summed E-state index contributed by atoms with van der Waals surface area (Å²) in [5.41, 5.74) is 3.48. The molecule has 0 spiro atoms. The lowest BCUT2D eigenvalue weighted by molar-refractivity contribution is 1.11. The van der Waals surface area contributed by atoms with Crippen LogP contribution in [0.5, 0.6) is 0 Å². The second kappa shape index (κ2) is 5.87. The number of rotatable bonds is 4. The molecule has 0 amide bonds. The van der Waals surface area contributed by atoms with Gasteiger partial charge >= 0.3 is 0 Å². The molecule has 3 nitrogen and oxygen atoms in total. The van der Waals surface area contributed by atoms with Crippen molar-refractivity contribution in [2.24, 2.45) is 0 Å². The largest absolute Gasteiger partial charge is 0.380 e. The van der Waals surface area contributed by atoms with Crippen molar-refractivity contribution >= 4 is 27.3 Å². The molecule has 2 aromatic rings. The molecule has 0 aliphatic heterocycles. The molecular formula is C14H16BrN3. The number of anilines is 2. The Labute approximate surface area is 116 Å². The number of pyridine rings is 1. The summed E-state index contributed by atoms with van der Waals surface area (Å²) in [5.74, 6) is 0. The van der Waals surface area contributed by atoms with E-state index < -0.39 is 0 Å². The van der Waals surface area contributed by atoms with Crippen molar-refractivity contribution in [2.45, 2.75) is 6.54 Å². The molecule has 0 aliphatic rings. The van der Waals surface area contributed by atoms with E-state index >= 15 is 0 Å². The zero-order valence-electron chi connectivity index (χ0n) is 10.5. The third-order valence-electron chi connectivity index (χ3n) is 2.65. The van der Waals surface area contributed by atoms with Crippen molar-refractivity contribution in [3.63, 3.8) is 0 Å². The Hall–Kier alpha value is -1.55. The van der Waals surface area contributed by atoms with E-state index in [1.165, 1.54) is 11.3 Å². The summed E-state index contributed by atoms with van der Waals surface area (Å²) < 4.78 is 0.982.